The highest BCUT2D eigenvalue weighted by molar-refractivity contribution is 8.02. The van der Waals surface area contributed by atoms with Crippen LogP contribution < -0.4 is 0 Å². The van der Waals surface area contributed by atoms with Crippen molar-refractivity contribution in [2.45, 2.75) is 23.5 Å². The number of aromatic nitrogens is 4. The number of rotatable bonds is 7. The number of tetrazole rings is 1. The van der Waals surface area contributed by atoms with Crippen molar-refractivity contribution >= 4 is 29.5 Å². The lowest BCUT2D eigenvalue weighted by Gasteiger charge is -2.03. The van der Waals surface area contributed by atoms with Gasteiger partial charge in [0, 0.05) is 16.4 Å². The fourth-order valence-corrected chi connectivity index (χ4v) is 3.27. The van der Waals surface area contributed by atoms with Gasteiger partial charge in [0.15, 0.2) is 0 Å². The fourth-order valence-electron chi connectivity index (χ4n) is 1.51. The Bertz CT molecular complexity index is 586. The fraction of sp³-hybridized carbons (Fsp3) is 0.385. The van der Waals surface area contributed by atoms with Crippen LogP contribution in [-0.4, -0.2) is 44.8 Å². The molecule has 0 aliphatic rings. The molecule has 0 radical (unpaired) electrons. The molecule has 0 spiro atoms. The second-order valence-electron chi connectivity index (χ2n) is 4.21. The number of methoxy groups -OCH3 is 1. The summed E-state index contributed by atoms with van der Waals surface area (Å²) in [6, 6.07) is 8.44. The van der Waals surface area contributed by atoms with Crippen LogP contribution in [0.1, 0.15) is 5.56 Å². The molecule has 0 saturated heterocycles. The molecule has 1 aromatic carbocycles. The first kappa shape index (κ1) is 15.8. The molecule has 0 aliphatic heterocycles. The van der Waals surface area contributed by atoms with Gasteiger partial charge in [-0.05, 0) is 29.5 Å². The van der Waals surface area contributed by atoms with E-state index in [1.165, 1.54) is 34.0 Å². The Morgan fingerprint density at radius 3 is 2.67 bits per heavy atom. The molecule has 6 nitrogen and oxygen atoms in total. The van der Waals surface area contributed by atoms with E-state index in [4.69, 9.17) is 0 Å². The maximum Gasteiger partial charge on any atom is 0.327 e. The number of nitrogens with zero attached hydrogens (tertiary/aromatic N) is 4. The minimum Gasteiger partial charge on any atom is -0.468 e. The Labute approximate surface area is 131 Å². The third-order valence-corrected chi connectivity index (χ3v) is 4.84. The molecule has 0 fully saturated rings. The molecular formula is C13H16N4O2S2. The molecule has 2 rings (SSSR count). The molecule has 112 valence electrons. The first-order chi connectivity index (χ1) is 10.2. The van der Waals surface area contributed by atoms with E-state index < -0.39 is 0 Å². The SMILES string of the molecule is COC(=O)Cn1nnnc1SCCSc1ccc(C)cc1. The van der Waals surface area contributed by atoms with E-state index in [1.54, 1.807) is 11.8 Å². The van der Waals surface area contributed by atoms with Crippen LogP contribution in [-0.2, 0) is 16.1 Å². The Kier molecular flexibility index (Phi) is 6.06. The van der Waals surface area contributed by atoms with Crippen molar-refractivity contribution in [2.24, 2.45) is 0 Å². The lowest BCUT2D eigenvalue weighted by atomic mass is 10.2. The van der Waals surface area contributed by atoms with Gasteiger partial charge in [-0.1, -0.05) is 29.5 Å². The van der Waals surface area contributed by atoms with Crippen molar-refractivity contribution < 1.29 is 9.53 Å². The van der Waals surface area contributed by atoms with Gasteiger partial charge in [0.1, 0.15) is 6.54 Å². The van der Waals surface area contributed by atoms with Crippen LogP contribution in [0.3, 0.4) is 0 Å². The van der Waals surface area contributed by atoms with Crippen LogP contribution in [0.5, 0.6) is 0 Å². The van der Waals surface area contributed by atoms with Crippen molar-refractivity contribution in [3.63, 3.8) is 0 Å². The molecule has 0 atom stereocenters. The highest BCUT2D eigenvalue weighted by Crippen LogP contribution is 2.21. The maximum atomic E-state index is 11.2. The van der Waals surface area contributed by atoms with Crippen LogP contribution in [0.15, 0.2) is 34.3 Å². The van der Waals surface area contributed by atoms with E-state index in [1.807, 2.05) is 0 Å². The number of thioether (sulfide) groups is 2. The lowest BCUT2D eigenvalue weighted by molar-refractivity contribution is -0.141. The summed E-state index contributed by atoms with van der Waals surface area (Å²) in [6.07, 6.45) is 0. The highest BCUT2D eigenvalue weighted by Gasteiger charge is 2.10. The normalized spacial score (nSPS) is 10.6. The number of ether oxygens (including phenoxy) is 1. The Morgan fingerprint density at radius 2 is 1.95 bits per heavy atom. The summed E-state index contributed by atoms with van der Waals surface area (Å²) < 4.78 is 6.05. The molecule has 1 heterocycles. The predicted molar refractivity (Wildman–Crippen MR) is 82.5 cm³/mol. The van der Waals surface area contributed by atoms with Crippen molar-refractivity contribution in [3.05, 3.63) is 29.8 Å². The molecule has 0 aliphatic carbocycles. The van der Waals surface area contributed by atoms with Gasteiger partial charge < -0.3 is 4.74 Å². The van der Waals surface area contributed by atoms with Crippen molar-refractivity contribution in [3.8, 4) is 0 Å². The van der Waals surface area contributed by atoms with E-state index in [0.29, 0.717) is 5.16 Å². The topological polar surface area (TPSA) is 69.9 Å². The van der Waals surface area contributed by atoms with Crippen LogP contribution in [0, 0.1) is 6.92 Å². The molecule has 0 N–H and O–H groups in total. The molecular weight excluding hydrogens is 308 g/mol. The van der Waals surface area contributed by atoms with Gasteiger partial charge in [-0.15, -0.1) is 16.9 Å². The Balaban J connectivity index is 1.77. The summed E-state index contributed by atoms with van der Waals surface area (Å²) in [5.74, 6) is 1.44. The minimum absolute atomic E-state index is 0.0386. The minimum atomic E-state index is -0.363. The van der Waals surface area contributed by atoms with E-state index in [-0.39, 0.29) is 12.5 Å². The van der Waals surface area contributed by atoms with E-state index in [0.717, 1.165) is 11.5 Å². The van der Waals surface area contributed by atoms with Crippen LogP contribution in [0.4, 0.5) is 0 Å². The molecule has 0 unspecified atom stereocenters. The Morgan fingerprint density at radius 1 is 1.24 bits per heavy atom. The summed E-state index contributed by atoms with van der Waals surface area (Å²) in [5, 5.41) is 11.9. The van der Waals surface area contributed by atoms with Gasteiger partial charge in [-0.25, -0.2) is 4.68 Å². The molecule has 2 aromatic rings. The number of esters is 1. The summed E-state index contributed by atoms with van der Waals surface area (Å²) >= 11 is 3.31. The molecule has 0 amide bonds. The van der Waals surface area contributed by atoms with Crippen LogP contribution in [0.25, 0.3) is 0 Å². The van der Waals surface area contributed by atoms with E-state index >= 15 is 0 Å². The van der Waals surface area contributed by atoms with Gasteiger partial charge in [-0.3, -0.25) is 4.79 Å². The summed E-state index contributed by atoms with van der Waals surface area (Å²) in [5.41, 5.74) is 1.26. The molecule has 1 aromatic heterocycles. The number of aryl methyl sites for hydroxylation is 1. The van der Waals surface area contributed by atoms with Gasteiger partial charge in [0.25, 0.3) is 0 Å². The quantitative estimate of drug-likeness (QED) is 0.438. The first-order valence-electron chi connectivity index (χ1n) is 6.34. The number of benzene rings is 1. The lowest BCUT2D eigenvalue weighted by Crippen LogP contribution is -2.13. The zero-order valence-corrected chi connectivity index (χ0v) is 13.5. The van der Waals surface area contributed by atoms with Crippen LogP contribution >= 0.6 is 23.5 Å². The molecule has 0 bridgehead atoms. The zero-order chi connectivity index (χ0) is 15.1. The van der Waals surface area contributed by atoms with E-state index in [2.05, 4.69) is 51.5 Å². The van der Waals surface area contributed by atoms with Crippen LogP contribution in [0.2, 0.25) is 0 Å². The summed E-state index contributed by atoms with van der Waals surface area (Å²) in [6.45, 7) is 2.11. The van der Waals surface area contributed by atoms with Gasteiger partial charge >= 0.3 is 5.97 Å². The van der Waals surface area contributed by atoms with Crippen molar-refractivity contribution in [1.29, 1.82) is 0 Å². The Hall–Kier alpha value is -1.54. The maximum absolute atomic E-state index is 11.2. The third-order valence-electron chi connectivity index (χ3n) is 2.61. The predicted octanol–water partition coefficient (Wildman–Crippen LogP) is 2.04. The second-order valence-corrected chi connectivity index (χ2v) is 6.44. The van der Waals surface area contributed by atoms with E-state index in [9.17, 15) is 4.79 Å². The number of carbonyl (C=O) groups excluding carboxylic acids is 1. The van der Waals surface area contributed by atoms with Crippen molar-refractivity contribution in [2.75, 3.05) is 18.6 Å². The van der Waals surface area contributed by atoms with Gasteiger partial charge in [0.2, 0.25) is 5.16 Å². The largest absolute Gasteiger partial charge is 0.468 e. The second kappa shape index (κ2) is 8.04. The molecule has 0 saturated carbocycles. The third kappa shape index (κ3) is 5.05. The summed E-state index contributed by atoms with van der Waals surface area (Å²) in [4.78, 5) is 12.5. The average molecular weight is 324 g/mol. The number of hydrogen-bond acceptors (Lipinski definition) is 7. The highest BCUT2D eigenvalue weighted by atomic mass is 32.2. The standard InChI is InChI=1S/C13H16N4O2S2/c1-10-3-5-11(6-4-10)20-7-8-21-13-14-15-16-17(13)9-12(18)19-2/h3-6H,7-9H2,1-2H3. The van der Waals surface area contributed by atoms with Gasteiger partial charge in [0.05, 0.1) is 7.11 Å². The molecule has 8 heteroatoms. The van der Waals surface area contributed by atoms with Crippen molar-refractivity contribution in [1.82, 2.24) is 20.2 Å². The number of carbonyl (C=O) groups is 1. The monoisotopic (exact) mass is 324 g/mol. The summed E-state index contributed by atoms with van der Waals surface area (Å²) in [7, 11) is 1.34. The molecule has 21 heavy (non-hydrogen) atoms. The average Bonchev–Trinajstić information content (AvgIpc) is 2.92. The smallest absolute Gasteiger partial charge is 0.327 e. The zero-order valence-electron chi connectivity index (χ0n) is 11.9. The van der Waals surface area contributed by atoms with Gasteiger partial charge in [-0.2, -0.15) is 0 Å². The number of hydrogen-bond donors (Lipinski definition) is 0. The first-order valence-corrected chi connectivity index (χ1v) is 8.31.